The van der Waals surface area contributed by atoms with Gasteiger partial charge in [-0.3, -0.25) is 0 Å². The van der Waals surface area contributed by atoms with Gasteiger partial charge in [0, 0.05) is 24.6 Å². The molecule has 0 bridgehead atoms. The van der Waals surface area contributed by atoms with Crippen LogP contribution in [0.2, 0.25) is 0 Å². The monoisotopic (exact) mass is 275 g/mol. The highest BCUT2D eigenvalue weighted by Gasteiger charge is 2.19. The lowest BCUT2D eigenvalue weighted by Gasteiger charge is -2.17. The van der Waals surface area contributed by atoms with E-state index in [2.05, 4.69) is 23.8 Å². The van der Waals surface area contributed by atoms with Crippen molar-refractivity contribution >= 4 is 11.0 Å². The summed E-state index contributed by atoms with van der Waals surface area (Å²) in [7, 11) is 0. The van der Waals surface area contributed by atoms with Crippen LogP contribution in [0.4, 0.5) is 0 Å². The Hall–Kier alpha value is -1.75. The molecule has 0 aliphatic carbocycles. The van der Waals surface area contributed by atoms with E-state index in [9.17, 15) is 0 Å². The lowest BCUT2D eigenvalue weighted by atomic mass is 9.97. The summed E-state index contributed by atoms with van der Waals surface area (Å²) in [6, 6.07) is 3.90. The molecule has 0 fully saturated rings. The highest BCUT2D eigenvalue weighted by Crippen LogP contribution is 2.34. The Bertz CT molecular complexity index is 563. The number of nitrogens with one attached hydrogen (secondary N) is 1. The molecule has 0 saturated carbocycles. The van der Waals surface area contributed by atoms with Crippen LogP contribution in [0, 0.1) is 5.92 Å². The maximum Gasteiger partial charge on any atom is 0.163 e. The number of aromatic nitrogens is 2. The minimum absolute atomic E-state index is 0.265. The van der Waals surface area contributed by atoms with E-state index in [1.165, 1.54) is 0 Å². The lowest BCUT2D eigenvalue weighted by molar-refractivity contribution is 0.172. The van der Waals surface area contributed by atoms with Gasteiger partial charge in [0.15, 0.2) is 11.5 Å². The topological polar surface area (TPSA) is 73.2 Å². The zero-order valence-corrected chi connectivity index (χ0v) is 12.0. The smallest absolute Gasteiger partial charge is 0.163 e. The summed E-state index contributed by atoms with van der Waals surface area (Å²) in [5, 5.41) is 0. The minimum Gasteiger partial charge on any atom is -0.486 e. The molecule has 20 heavy (non-hydrogen) atoms. The zero-order valence-electron chi connectivity index (χ0n) is 12.0. The number of fused-ring (bicyclic) bond motifs is 2. The van der Waals surface area contributed by atoms with Crippen LogP contribution >= 0.6 is 0 Å². The van der Waals surface area contributed by atoms with Gasteiger partial charge in [0.05, 0.1) is 11.0 Å². The summed E-state index contributed by atoms with van der Waals surface area (Å²) < 4.78 is 11.2. The number of hydrogen-bond donors (Lipinski definition) is 2. The van der Waals surface area contributed by atoms with E-state index in [0.29, 0.717) is 25.7 Å². The number of hydrogen-bond acceptors (Lipinski definition) is 4. The first-order chi connectivity index (χ1) is 9.67. The predicted octanol–water partition coefficient (Wildman–Crippen LogP) is 2.42. The van der Waals surface area contributed by atoms with E-state index in [1.54, 1.807) is 0 Å². The molecule has 1 atom stereocenters. The highest BCUT2D eigenvalue weighted by molar-refractivity contribution is 5.80. The standard InChI is InChI=1S/C15H21N3O2/c1-9(2)5-10(8-16)15-17-11-6-13-14(7-12(11)18-15)20-4-3-19-13/h6-7,9-10H,3-5,8,16H2,1-2H3,(H,17,18). The molecule has 2 aromatic rings. The van der Waals surface area contributed by atoms with Crippen molar-refractivity contribution in [1.29, 1.82) is 0 Å². The Labute approximate surface area is 118 Å². The van der Waals surface area contributed by atoms with Crippen molar-refractivity contribution in [2.24, 2.45) is 11.7 Å². The summed E-state index contributed by atoms with van der Waals surface area (Å²) in [6.45, 7) is 6.19. The number of rotatable bonds is 4. The molecule has 108 valence electrons. The molecule has 0 saturated heterocycles. The fourth-order valence-corrected chi connectivity index (χ4v) is 2.65. The second-order valence-corrected chi connectivity index (χ2v) is 5.70. The Morgan fingerprint density at radius 1 is 1.25 bits per heavy atom. The number of imidazole rings is 1. The lowest BCUT2D eigenvalue weighted by Crippen LogP contribution is -2.15. The van der Waals surface area contributed by atoms with Gasteiger partial charge in [0.25, 0.3) is 0 Å². The third-order valence-corrected chi connectivity index (χ3v) is 3.59. The van der Waals surface area contributed by atoms with Crippen molar-refractivity contribution in [3.63, 3.8) is 0 Å². The fourth-order valence-electron chi connectivity index (χ4n) is 2.65. The third kappa shape index (κ3) is 2.45. The summed E-state index contributed by atoms with van der Waals surface area (Å²) in [6.07, 6.45) is 1.03. The highest BCUT2D eigenvalue weighted by atomic mass is 16.6. The maximum atomic E-state index is 5.89. The first kappa shape index (κ1) is 13.2. The van der Waals surface area contributed by atoms with E-state index in [-0.39, 0.29) is 5.92 Å². The number of ether oxygens (including phenoxy) is 2. The van der Waals surface area contributed by atoms with Crippen LogP contribution in [-0.2, 0) is 0 Å². The molecular weight excluding hydrogens is 254 g/mol. The third-order valence-electron chi connectivity index (χ3n) is 3.59. The van der Waals surface area contributed by atoms with E-state index < -0.39 is 0 Å². The maximum absolute atomic E-state index is 5.89. The van der Waals surface area contributed by atoms with Gasteiger partial charge < -0.3 is 20.2 Å². The van der Waals surface area contributed by atoms with Crippen LogP contribution < -0.4 is 15.2 Å². The van der Waals surface area contributed by atoms with Crippen molar-refractivity contribution in [3.8, 4) is 11.5 Å². The van der Waals surface area contributed by atoms with E-state index in [0.717, 1.165) is 34.8 Å². The molecule has 1 unspecified atom stereocenters. The summed E-state index contributed by atoms with van der Waals surface area (Å²) in [5.41, 5.74) is 7.77. The molecule has 0 radical (unpaired) electrons. The molecular formula is C15H21N3O2. The summed E-state index contributed by atoms with van der Waals surface area (Å²) in [4.78, 5) is 8.05. The Morgan fingerprint density at radius 2 is 1.95 bits per heavy atom. The molecule has 1 aromatic heterocycles. The van der Waals surface area contributed by atoms with E-state index in [4.69, 9.17) is 15.2 Å². The first-order valence-electron chi connectivity index (χ1n) is 7.16. The predicted molar refractivity (Wildman–Crippen MR) is 78.3 cm³/mol. The molecule has 1 aromatic carbocycles. The van der Waals surface area contributed by atoms with Crippen molar-refractivity contribution in [2.75, 3.05) is 19.8 Å². The SMILES string of the molecule is CC(C)CC(CN)c1nc2cc3c(cc2[nH]1)OCCO3. The van der Waals surface area contributed by atoms with Crippen molar-refractivity contribution in [2.45, 2.75) is 26.2 Å². The van der Waals surface area contributed by atoms with Gasteiger partial charge in [-0.15, -0.1) is 0 Å². The number of nitrogens with two attached hydrogens (primary N) is 1. The molecule has 5 heteroatoms. The van der Waals surface area contributed by atoms with Crippen LogP contribution in [-0.4, -0.2) is 29.7 Å². The van der Waals surface area contributed by atoms with Crippen molar-refractivity contribution in [3.05, 3.63) is 18.0 Å². The Morgan fingerprint density at radius 3 is 2.60 bits per heavy atom. The van der Waals surface area contributed by atoms with Gasteiger partial charge >= 0.3 is 0 Å². The van der Waals surface area contributed by atoms with Gasteiger partial charge in [-0.05, 0) is 12.3 Å². The molecule has 1 aliphatic rings. The number of nitrogens with zero attached hydrogens (tertiary/aromatic N) is 1. The number of benzene rings is 1. The summed E-state index contributed by atoms with van der Waals surface area (Å²) in [5.74, 6) is 3.37. The molecule has 2 heterocycles. The summed E-state index contributed by atoms with van der Waals surface area (Å²) >= 11 is 0. The number of aromatic amines is 1. The van der Waals surface area contributed by atoms with Gasteiger partial charge in [-0.25, -0.2) is 4.98 Å². The molecule has 3 rings (SSSR count). The van der Waals surface area contributed by atoms with Crippen molar-refractivity contribution < 1.29 is 9.47 Å². The first-order valence-corrected chi connectivity index (χ1v) is 7.16. The largest absolute Gasteiger partial charge is 0.486 e. The Balaban J connectivity index is 1.97. The molecule has 5 nitrogen and oxygen atoms in total. The molecule has 3 N–H and O–H groups in total. The van der Waals surface area contributed by atoms with E-state index in [1.807, 2.05) is 12.1 Å². The van der Waals surface area contributed by atoms with Crippen LogP contribution in [0.3, 0.4) is 0 Å². The van der Waals surface area contributed by atoms with Crippen LogP contribution in [0.25, 0.3) is 11.0 Å². The van der Waals surface area contributed by atoms with Crippen LogP contribution in [0.15, 0.2) is 12.1 Å². The molecule has 0 spiro atoms. The van der Waals surface area contributed by atoms with Gasteiger partial charge in [0.1, 0.15) is 19.0 Å². The van der Waals surface area contributed by atoms with Crippen LogP contribution in [0.1, 0.15) is 32.0 Å². The second-order valence-electron chi connectivity index (χ2n) is 5.70. The molecule has 1 aliphatic heterocycles. The fraction of sp³-hybridized carbons (Fsp3) is 0.533. The Kier molecular flexibility index (Phi) is 3.53. The van der Waals surface area contributed by atoms with Gasteiger partial charge in [-0.1, -0.05) is 13.8 Å². The van der Waals surface area contributed by atoms with E-state index >= 15 is 0 Å². The quantitative estimate of drug-likeness (QED) is 0.898. The van der Waals surface area contributed by atoms with Gasteiger partial charge in [0.2, 0.25) is 0 Å². The zero-order chi connectivity index (χ0) is 14.1. The van der Waals surface area contributed by atoms with Crippen molar-refractivity contribution in [1.82, 2.24) is 9.97 Å². The minimum atomic E-state index is 0.265. The average Bonchev–Trinajstić information content (AvgIpc) is 2.84. The normalized spacial score (nSPS) is 15.8. The van der Waals surface area contributed by atoms with Gasteiger partial charge in [-0.2, -0.15) is 0 Å². The van der Waals surface area contributed by atoms with Crippen LogP contribution in [0.5, 0.6) is 11.5 Å². The number of H-pyrrole nitrogens is 1. The average molecular weight is 275 g/mol. The second kappa shape index (κ2) is 5.32. The molecule has 0 amide bonds.